The van der Waals surface area contributed by atoms with Gasteiger partial charge in [-0.3, -0.25) is 19.2 Å². The number of ether oxygens (including phenoxy) is 4. The molecule has 0 aliphatic carbocycles. The second kappa shape index (κ2) is 21.5. The second-order valence-electron chi connectivity index (χ2n) is 16.6. The van der Waals surface area contributed by atoms with E-state index in [4.69, 9.17) is 18.9 Å². The van der Waals surface area contributed by atoms with E-state index in [-0.39, 0.29) is 42.8 Å². The van der Waals surface area contributed by atoms with Crippen molar-refractivity contribution in [3.63, 3.8) is 0 Å². The van der Waals surface area contributed by atoms with Crippen molar-refractivity contribution in [3.05, 3.63) is 47.6 Å². The Kier molecular flexibility index (Phi) is 18.0. The van der Waals surface area contributed by atoms with Crippen LogP contribution in [0.5, 0.6) is 0 Å². The number of fused-ring (bicyclic) bond motifs is 3. The minimum Gasteiger partial charge on any atom is -0.460 e. The Morgan fingerprint density at radius 1 is 0.893 bits per heavy atom. The van der Waals surface area contributed by atoms with Crippen molar-refractivity contribution in [2.24, 2.45) is 29.6 Å². The van der Waals surface area contributed by atoms with Crippen molar-refractivity contribution in [2.75, 3.05) is 20.8 Å². The van der Waals surface area contributed by atoms with Crippen LogP contribution < -0.4 is 0 Å². The number of cyclic esters (lactones) is 1. The number of allylic oxidation sites excluding steroid dienone is 6. The van der Waals surface area contributed by atoms with E-state index in [0.29, 0.717) is 44.1 Å². The van der Waals surface area contributed by atoms with Gasteiger partial charge in [-0.1, -0.05) is 78.0 Å². The molecule has 11 atom stereocenters. The molecule has 0 unspecified atom stereocenters. The van der Waals surface area contributed by atoms with Crippen molar-refractivity contribution in [3.8, 4) is 0 Å². The van der Waals surface area contributed by atoms with Crippen LogP contribution in [0.15, 0.2) is 47.6 Å². The number of aliphatic hydroxyl groups excluding tert-OH is 1. The van der Waals surface area contributed by atoms with E-state index in [1.807, 2.05) is 65.0 Å². The third-order valence-corrected chi connectivity index (χ3v) is 11.7. The zero-order chi connectivity index (χ0) is 41.9. The first-order valence-corrected chi connectivity index (χ1v) is 20.3. The molecule has 2 fully saturated rings. The van der Waals surface area contributed by atoms with E-state index in [9.17, 15) is 34.2 Å². The van der Waals surface area contributed by atoms with Gasteiger partial charge in [-0.05, 0) is 75.4 Å². The lowest BCUT2D eigenvalue weighted by molar-refractivity contribution is -0.265. The zero-order valence-corrected chi connectivity index (χ0v) is 35.2. The molecular formula is C44H67NO11. The zero-order valence-electron chi connectivity index (χ0n) is 35.2. The van der Waals surface area contributed by atoms with Gasteiger partial charge < -0.3 is 34.1 Å². The molecule has 0 aromatic heterocycles. The van der Waals surface area contributed by atoms with E-state index in [2.05, 4.69) is 0 Å². The molecule has 0 aromatic carbocycles. The normalized spacial score (nSPS) is 38.9. The summed E-state index contributed by atoms with van der Waals surface area (Å²) >= 11 is 0. The molecule has 3 aliphatic rings. The molecule has 0 saturated carbocycles. The number of nitrogens with zero attached hydrogens (tertiary/aromatic N) is 1. The molecule has 2 bridgehead atoms. The summed E-state index contributed by atoms with van der Waals surface area (Å²) in [5, 5.41) is 23.0. The van der Waals surface area contributed by atoms with Crippen LogP contribution in [-0.2, 0) is 42.9 Å². The number of hydrogen-bond acceptors (Lipinski definition) is 11. The lowest BCUT2D eigenvalue weighted by atomic mass is 9.85. The summed E-state index contributed by atoms with van der Waals surface area (Å²) in [5.41, 5.74) is 1.29. The maximum absolute atomic E-state index is 13.9. The average molecular weight is 786 g/mol. The van der Waals surface area contributed by atoms with Gasteiger partial charge in [-0.2, -0.15) is 0 Å². The highest BCUT2D eigenvalue weighted by Crippen LogP contribution is 2.36. The predicted molar refractivity (Wildman–Crippen MR) is 212 cm³/mol. The van der Waals surface area contributed by atoms with Gasteiger partial charge in [0.15, 0.2) is 5.78 Å². The fourth-order valence-corrected chi connectivity index (χ4v) is 7.83. The molecule has 12 heteroatoms. The molecule has 3 aliphatic heterocycles. The highest BCUT2D eigenvalue weighted by Gasteiger charge is 2.53. The Labute approximate surface area is 333 Å². The van der Waals surface area contributed by atoms with E-state index in [0.717, 1.165) is 5.57 Å². The van der Waals surface area contributed by atoms with Crippen LogP contribution >= 0.6 is 0 Å². The van der Waals surface area contributed by atoms with Gasteiger partial charge in [0.2, 0.25) is 5.79 Å². The van der Waals surface area contributed by atoms with Gasteiger partial charge in [-0.25, -0.2) is 4.79 Å². The molecule has 3 heterocycles. The first-order chi connectivity index (χ1) is 26.4. The summed E-state index contributed by atoms with van der Waals surface area (Å²) in [6.07, 6.45) is 10.1. The van der Waals surface area contributed by atoms with E-state index >= 15 is 0 Å². The van der Waals surface area contributed by atoms with E-state index < -0.39 is 77.8 Å². The number of esters is 1. The Hall–Kier alpha value is -3.29. The van der Waals surface area contributed by atoms with Crippen molar-refractivity contribution in [1.29, 1.82) is 0 Å². The highest BCUT2D eigenvalue weighted by molar-refractivity contribution is 6.39. The van der Waals surface area contributed by atoms with E-state index in [1.165, 1.54) is 12.0 Å². The van der Waals surface area contributed by atoms with Gasteiger partial charge in [0.1, 0.15) is 30.1 Å². The van der Waals surface area contributed by atoms with Gasteiger partial charge in [0.25, 0.3) is 11.7 Å². The van der Waals surface area contributed by atoms with Crippen LogP contribution in [0.3, 0.4) is 0 Å². The van der Waals surface area contributed by atoms with Crippen LogP contribution in [0.2, 0.25) is 0 Å². The summed E-state index contributed by atoms with van der Waals surface area (Å²) in [4.78, 5) is 69.8. The fourth-order valence-electron chi connectivity index (χ4n) is 7.83. The predicted octanol–water partition coefficient (Wildman–Crippen LogP) is 5.63. The maximum atomic E-state index is 13.9. The summed E-state index contributed by atoms with van der Waals surface area (Å²) in [7, 11) is 2.95. The Balaban J connectivity index is 1.98. The van der Waals surface area contributed by atoms with E-state index in [1.54, 1.807) is 34.0 Å². The molecule has 2 N–H and O–H groups in total. The summed E-state index contributed by atoms with van der Waals surface area (Å²) in [6, 6.07) is -1.08. The third-order valence-electron chi connectivity index (χ3n) is 11.7. The maximum Gasteiger partial charge on any atom is 0.329 e. The fraction of sp³-hybridized carbons (Fsp3) is 0.705. The smallest absolute Gasteiger partial charge is 0.329 e. The first-order valence-electron chi connectivity index (χ1n) is 20.3. The minimum atomic E-state index is -2.39. The number of methoxy groups -OCH3 is 2. The highest BCUT2D eigenvalue weighted by atomic mass is 16.6. The number of Topliss-reactive ketones (excluding diaryl/α,β-unsaturated/α-hetero) is 3. The molecule has 0 radical (unpaired) electrons. The number of aliphatic hydroxyl groups is 2. The topological polar surface area (TPSA) is 166 Å². The lowest BCUT2D eigenvalue weighted by Gasteiger charge is -2.42. The monoisotopic (exact) mass is 785 g/mol. The number of amides is 1. The van der Waals surface area contributed by atoms with Gasteiger partial charge in [-0.15, -0.1) is 0 Å². The number of rotatable bonds is 3. The van der Waals surface area contributed by atoms with Crippen LogP contribution in [-0.4, -0.2) is 107 Å². The number of hydrogen-bond donors (Lipinski definition) is 2. The molecule has 2 saturated heterocycles. The number of carbonyl (C=O) groups is 5. The quantitative estimate of drug-likeness (QED) is 0.207. The van der Waals surface area contributed by atoms with Gasteiger partial charge in [0, 0.05) is 51.4 Å². The Morgan fingerprint density at radius 2 is 1.59 bits per heavy atom. The van der Waals surface area contributed by atoms with Crippen molar-refractivity contribution >= 4 is 29.2 Å². The number of ketones is 3. The molecule has 0 spiro atoms. The molecule has 314 valence electrons. The molecule has 12 nitrogen and oxygen atoms in total. The first kappa shape index (κ1) is 47.1. The molecular weight excluding hydrogens is 718 g/mol. The van der Waals surface area contributed by atoms with Crippen molar-refractivity contribution in [1.82, 2.24) is 4.90 Å². The van der Waals surface area contributed by atoms with Crippen molar-refractivity contribution in [2.45, 2.75) is 149 Å². The SMILES string of the molecule is CO[C@H]1C[C@@H]2CC[C@@H](C)[C@@](O)(O2)C(=O)C(=O)N2CCCC[C@H]2C(=O)O[C@H](C(C)C)CC(=O)[C@H](C)/C=C(\C)[C@@H](O)[C@@H](OC)C(=O)[C@H](C)C[C@H](C)/C=C/C=C/C=C/1C. The minimum absolute atomic E-state index is 0.0401. The third kappa shape index (κ3) is 12.1. The Morgan fingerprint density at radius 3 is 2.23 bits per heavy atom. The lowest BCUT2D eigenvalue weighted by Crippen LogP contribution is -2.61. The Bertz CT molecular complexity index is 1510. The number of piperidine rings is 1. The van der Waals surface area contributed by atoms with Crippen molar-refractivity contribution < 1.29 is 53.1 Å². The van der Waals surface area contributed by atoms with Gasteiger partial charge in [0.05, 0.1) is 12.2 Å². The molecule has 0 aromatic rings. The summed E-state index contributed by atoms with van der Waals surface area (Å²) in [5.74, 6) is -7.74. The molecule has 1 amide bonds. The molecule has 3 rings (SSSR count). The number of carbonyl (C=O) groups excluding carboxylic acids is 5. The van der Waals surface area contributed by atoms with Gasteiger partial charge >= 0.3 is 5.97 Å². The van der Waals surface area contributed by atoms with Crippen LogP contribution in [0.4, 0.5) is 0 Å². The van der Waals surface area contributed by atoms with Crippen LogP contribution in [0.1, 0.15) is 107 Å². The standard InChI is InChI=1S/C44H67NO11/c1-26(2)36-25-35(46)29(5)23-31(7)39(48)40(54-10)38(47)30(6)22-27(3)16-12-11-13-17-28(4)37(53-9)24-33-20-19-32(8)44(52,56-33)41(49)42(50)45-21-15-14-18-34(45)43(51)55-36/h11-13,16-17,23,26-27,29-30,32-34,36-37,39-40,48,52H,14-15,18-22,24-25H2,1-10H3/b13-11+,16-12+,28-17+,31-23+/t27-,29-,30-,32-,33+,34+,36+,37+,39-,40+,44-/m1/s1. The average Bonchev–Trinajstić information content (AvgIpc) is 3.16. The summed E-state index contributed by atoms with van der Waals surface area (Å²) in [6.45, 7) is 14.5. The largest absolute Gasteiger partial charge is 0.460 e. The summed E-state index contributed by atoms with van der Waals surface area (Å²) < 4.78 is 23.3. The second-order valence-corrected chi connectivity index (χ2v) is 16.6. The van der Waals surface area contributed by atoms with Crippen LogP contribution in [0.25, 0.3) is 0 Å². The molecule has 56 heavy (non-hydrogen) atoms. The van der Waals surface area contributed by atoms with Crippen LogP contribution in [0, 0.1) is 29.6 Å².